The Morgan fingerprint density at radius 2 is 1.52 bits per heavy atom. The summed E-state index contributed by atoms with van der Waals surface area (Å²) in [6, 6.07) is 2.94. The smallest absolute Gasteiger partial charge is 0.306 e. The van der Waals surface area contributed by atoms with Crippen LogP contribution in [-0.2, 0) is 39.0 Å². The molecule has 2 amide bonds. The van der Waals surface area contributed by atoms with Crippen molar-refractivity contribution in [2.24, 2.45) is 5.92 Å². The van der Waals surface area contributed by atoms with Crippen molar-refractivity contribution < 1.29 is 36.0 Å². The number of rotatable bonds is 14. The van der Waals surface area contributed by atoms with Crippen molar-refractivity contribution in [2.45, 2.75) is 96.4 Å². The molecule has 0 fully saturated rings. The lowest BCUT2D eigenvalue weighted by Gasteiger charge is -2.24. The summed E-state index contributed by atoms with van der Waals surface area (Å²) in [5.41, 5.74) is 0.0844. The number of ether oxygens (including phenoxy) is 1. The SMILES string of the molecule is Cc1ccc(S(=O)(=O)NC(CCC(=O)OC(C)(C)C)C(=O)NC(C)C(=O)NC(C=CS(C)(=O)=O)CC(C)C)cc1. The van der Waals surface area contributed by atoms with E-state index in [-0.39, 0.29) is 23.7 Å². The Hall–Kier alpha value is -2.77. The number of carbonyl (C=O) groups is 3. The zero-order chi connectivity index (χ0) is 30.9. The van der Waals surface area contributed by atoms with Crippen LogP contribution in [0.1, 0.15) is 66.4 Å². The second kappa shape index (κ2) is 14.7. The van der Waals surface area contributed by atoms with Crippen LogP contribution in [0.2, 0.25) is 0 Å². The van der Waals surface area contributed by atoms with Gasteiger partial charge in [-0.05, 0) is 65.5 Å². The Bertz CT molecular complexity index is 1270. The van der Waals surface area contributed by atoms with Crippen molar-refractivity contribution >= 4 is 37.6 Å². The predicted octanol–water partition coefficient (Wildman–Crippen LogP) is 2.36. The molecule has 0 radical (unpaired) electrons. The third-order valence-corrected chi connectivity index (χ3v) is 7.50. The Morgan fingerprint density at radius 3 is 2.02 bits per heavy atom. The molecule has 1 rings (SSSR count). The number of hydrogen-bond acceptors (Lipinski definition) is 8. The van der Waals surface area contributed by atoms with Crippen LogP contribution in [0.25, 0.3) is 0 Å². The van der Waals surface area contributed by atoms with E-state index in [0.717, 1.165) is 17.2 Å². The molecule has 3 atom stereocenters. The van der Waals surface area contributed by atoms with Gasteiger partial charge in [-0.1, -0.05) is 37.6 Å². The van der Waals surface area contributed by atoms with Gasteiger partial charge in [-0.25, -0.2) is 16.8 Å². The van der Waals surface area contributed by atoms with Crippen LogP contribution in [0.5, 0.6) is 0 Å². The minimum atomic E-state index is -4.14. The first-order valence-corrected chi connectivity index (χ1v) is 16.4. The average Bonchev–Trinajstić information content (AvgIpc) is 2.78. The van der Waals surface area contributed by atoms with Gasteiger partial charge in [-0.3, -0.25) is 14.4 Å². The summed E-state index contributed by atoms with van der Waals surface area (Å²) in [6.45, 7) is 12.1. The summed E-state index contributed by atoms with van der Waals surface area (Å²) >= 11 is 0. The zero-order valence-corrected chi connectivity index (χ0v) is 26.1. The van der Waals surface area contributed by atoms with E-state index in [2.05, 4.69) is 15.4 Å². The van der Waals surface area contributed by atoms with Gasteiger partial charge in [0.15, 0.2) is 9.84 Å². The third-order valence-electron chi connectivity index (χ3n) is 5.37. The second-order valence-corrected chi connectivity index (χ2v) is 14.9. The van der Waals surface area contributed by atoms with Gasteiger partial charge in [-0.2, -0.15) is 4.72 Å². The largest absolute Gasteiger partial charge is 0.460 e. The molecule has 0 aliphatic carbocycles. The van der Waals surface area contributed by atoms with E-state index >= 15 is 0 Å². The summed E-state index contributed by atoms with van der Waals surface area (Å²) in [5, 5.41) is 6.21. The van der Waals surface area contributed by atoms with E-state index in [4.69, 9.17) is 4.74 Å². The van der Waals surface area contributed by atoms with Gasteiger partial charge < -0.3 is 15.4 Å². The normalized spacial score (nSPS) is 14.9. The van der Waals surface area contributed by atoms with Crippen molar-refractivity contribution in [1.29, 1.82) is 0 Å². The van der Waals surface area contributed by atoms with Gasteiger partial charge in [0.25, 0.3) is 0 Å². The second-order valence-electron chi connectivity index (χ2n) is 11.2. The van der Waals surface area contributed by atoms with Crippen LogP contribution in [-0.4, -0.2) is 64.6 Å². The summed E-state index contributed by atoms with van der Waals surface area (Å²) in [6.07, 6.45) is 2.40. The molecule has 40 heavy (non-hydrogen) atoms. The number of esters is 1. The molecular weight excluding hydrogens is 558 g/mol. The van der Waals surface area contributed by atoms with Crippen molar-refractivity contribution in [3.63, 3.8) is 0 Å². The molecule has 3 unspecified atom stereocenters. The van der Waals surface area contributed by atoms with E-state index < -0.39 is 61.4 Å². The van der Waals surface area contributed by atoms with Gasteiger partial charge in [0.1, 0.15) is 17.7 Å². The highest BCUT2D eigenvalue weighted by Crippen LogP contribution is 2.14. The molecule has 226 valence electrons. The summed E-state index contributed by atoms with van der Waals surface area (Å²) in [4.78, 5) is 38.3. The summed E-state index contributed by atoms with van der Waals surface area (Å²) in [7, 11) is -7.56. The highest BCUT2D eigenvalue weighted by Gasteiger charge is 2.30. The first kappa shape index (κ1) is 35.3. The summed E-state index contributed by atoms with van der Waals surface area (Å²) < 4.78 is 56.7. The van der Waals surface area contributed by atoms with Crippen molar-refractivity contribution in [3.05, 3.63) is 41.3 Å². The first-order valence-electron chi connectivity index (χ1n) is 13.0. The molecule has 0 aromatic heterocycles. The molecule has 0 saturated carbocycles. The molecule has 13 heteroatoms. The van der Waals surface area contributed by atoms with Crippen LogP contribution in [0, 0.1) is 12.8 Å². The first-order chi connectivity index (χ1) is 18.2. The fourth-order valence-electron chi connectivity index (χ4n) is 3.49. The van der Waals surface area contributed by atoms with Gasteiger partial charge in [-0.15, -0.1) is 0 Å². The fourth-order valence-corrected chi connectivity index (χ4v) is 5.19. The Balaban J connectivity index is 3.09. The Kier molecular flexibility index (Phi) is 13.0. The maximum Gasteiger partial charge on any atom is 0.306 e. The van der Waals surface area contributed by atoms with E-state index in [9.17, 15) is 31.2 Å². The minimum Gasteiger partial charge on any atom is -0.460 e. The molecule has 0 spiro atoms. The number of hydrogen-bond donors (Lipinski definition) is 3. The number of aryl methyl sites for hydroxylation is 1. The molecule has 0 bridgehead atoms. The molecule has 1 aromatic rings. The maximum atomic E-state index is 13.2. The maximum absolute atomic E-state index is 13.2. The van der Waals surface area contributed by atoms with Gasteiger partial charge >= 0.3 is 5.97 Å². The number of sulfone groups is 1. The van der Waals surface area contributed by atoms with Crippen LogP contribution in [0.4, 0.5) is 0 Å². The van der Waals surface area contributed by atoms with Gasteiger partial charge in [0.2, 0.25) is 21.8 Å². The topological polar surface area (TPSA) is 165 Å². The van der Waals surface area contributed by atoms with Crippen LogP contribution in [0.15, 0.2) is 40.6 Å². The number of nitrogens with one attached hydrogen (secondary N) is 3. The van der Waals surface area contributed by atoms with Crippen LogP contribution in [0.3, 0.4) is 0 Å². The predicted molar refractivity (Wildman–Crippen MR) is 153 cm³/mol. The number of benzene rings is 1. The van der Waals surface area contributed by atoms with E-state index in [0.29, 0.717) is 6.42 Å². The van der Waals surface area contributed by atoms with E-state index in [1.807, 2.05) is 13.8 Å². The van der Waals surface area contributed by atoms with Crippen molar-refractivity contribution in [1.82, 2.24) is 15.4 Å². The molecule has 0 aliphatic heterocycles. The molecule has 0 aliphatic rings. The molecule has 11 nitrogen and oxygen atoms in total. The molecular formula is C27H43N3O8S2. The van der Waals surface area contributed by atoms with E-state index in [1.165, 1.54) is 25.1 Å². The number of amides is 2. The summed E-state index contributed by atoms with van der Waals surface area (Å²) in [5.74, 6) is -1.88. The number of sulfonamides is 1. The van der Waals surface area contributed by atoms with Crippen molar-refractivity contribution in [3.8, 4) is 0 Å². The molecule has 0 heterocycles. The molecule has 0 saturated heterocycles. The van der Waals surface area contributed by atoms with Crippen LogP contribution >= 0.6 is 0 Å². The van der Waals surface area contributed by atoms with E-state index in [1.54, 1.807) is 39.8 Å². The highest BCUT2D eigenvalue weighted by atomic mass is 32.2. The Morgan fingerprint density at radius 1 is 0.950 bits per heavy atom. The quantitative estimate of drug-likeness (QED) is 0.274. The lowest BCUT2D eigenvalue weighted by Crippen LogP contribution is -2.53. The highest BCUT2D eigenvalue weighted by molar-refractivity contribution is 7.93. The van der Waals surface area contributed by atoms with Crippen LogP contribution < -0.4 is 15.4 Å². The Labute approximate surface area is 238 Å². The standard InChI is InChI=1S/C27H43N3O8S2/c1-18(2)17-21(15-16-39(8,34)35)29-25(32)20(4)28-26(33)23(13-14-24(31)38-27(5,6)7)30-40(36,37)22-11-9-19(3)10-12-22/h9-12,15-16,18,20-21,23,30H,13-14,17H2,1-8H3,(H,28,33)(H,29,32). The lowest BCUT2D eigenvalue weighted by molar-refractivity contribution is -0.155. The number of carbonyl (C=O) groups excluding carboxylic acids is 3. The van der Waals surface area contributed by atoms with Crippen molar-refractivity contribution in [2.75, 3.05) is 6.26 Å². The zero-order valence-electron chi connectivity index (χ0n) is 24.5. The fraction of sp³-hybridized carbons (Fsp3) is 0.593. The van der Waals surface area contributed by atoms with Gasteiger partial charge in [0, 0.05) is 24.1 Å². The monoisotopic (exact) mass is 601 g/mol. The third kappa shape index (κ3) is 14.0. The lowest BCUT2D eigenvalue weighted by atomic mass is 10.0. The molecule has 1 aromatic carbocycles. The molecule has 3 N–H and O–H groups in total. The average molecular weight is 602 g/mol. The van der Waals surface area contributed by atoms with Gasteiger partial charge in [0.05, 0.1) is 4.90 Å². The minimum absolute atomic E-state index is 0.0619.